The van der Waals surface area contributed by atoms with Gasteiger partial charge in [0.25, 0.3) is 0 Å². The third kappa shape index (κ3) is 11.4. The molecule has 1 aliphatic heterocycles. The van der Waals surface area contributed by atoms with Crippen LogP contribution in [0, 0.1) is 38.5 Å². The van der Waals surface area contributed by atoms with Gasteiger partial charge in [-0.3, -0.25) is 4.79 Å². The summed E-state index contributed by atoms with van der Waals surface area (Å²) in [6, 6.07) is 0. The van der Waals surface area contributed by atoms with Gasteiger partial charge in [0.05, 0.1) is 0 Å². The van der Waals surface area contributed by atoms with Crippen molar-refractivity contribution in [2.75, 3.05) is 5.33 Å². The smallest absolute Gasteiger partial charge is 0.311 e. The molecule has 1 aliphatic rings. The molecule has 3 nitrogen and oxygen atoms in total. The number of halogens is 1. The van der Waals surface area contributed by atoms with E-state index < -0.39 is 0 Å². The highest BCUT2D eigenvalue weighted by atomic mass is 79.9. The molecule has 39 heavy (non-hydrogen) atoms. The van der Waals surface area contributed by atoms with E-state index in [9.17, 15) is 4.79 Å². The molecular weight excluding hydrogens is 548 g/mol. The lowest BCUT2D eigenvalue weighted by atomic mass is 9.83. The monoisotopic (exact) mass is 606 g/mol. The second-order valence-electron chi connectivity index (χ2n) is 13.4. The summed E-state index contributed by atoms with van der Waals surface area (Å²) in [4.78, 5) is 12.5. The Hall–Kier alpha value is -1.03. The van der Waals surface area contributed by atoms with Crippen molar-refractivity contribution in [1.29, 1.82) is 0 Å². The molecule has 0 bridgehead atoms. The number of esters is 1. The summed E-state index contributed by atoms with van der Waals surface area (Å²) >= 11 is 3.45. The van der Waals surface area contributed by atoms with Crippen molar-refractivity contribution in [3.05, 3.63) is 22.3 Å². The van der Waals surface area contributed by atoms with Crippen LogP contribution in [0.4, 0.5) is 0 Å². The number of carbonyl (C=O) groups is 1. The number of carbonyl (C=O) groups excluding carboxylic acids is 1. The van der Waals surface area contributed by atoms with Gasteiger partial charge < -0.3 is 9.47 Å². The molecule has 0 saturated heterocycles. The molecule has 0 saturated carbocycles. The molecule has 3 atom stereocenters. The first-order chi connectivity index (χ1) is 18.5. The Bertz CT molecular complexity index is 893. The van der Waals surface area contributed by atoms with Crippen LogP contribution in [0.5, 0.6) is 11.5 Å². The molecule has 0 radical (unpaired) electrons. The van der Waals surface area contributed by atoms with E-state index in [1.807, 2.05) is 0 Å². The summed E-state index contributed by atoms with van der Waals surface area (Å²) in [5.74, 6) is 4.17. The predicted octanol–water partition coefficient (Wildman–Crippen LogP) is 11.0. The maximum atomic E-state index is 12.5. The number of hydrogen-bond acceptors (Lipinski definition) is 3. The second-order valence-corrected chi connectivity index (χ2v) is 14.2. The molecule has 2 rings (SSSR count). The van der Waals surface area contributed by atoms with Crippen LogP contribution in [0.1, 0.15) is 147 Å². The fraction of sp³-hybridized carbons (Fsp3) is 0.800. The van der Waals surface area contributed by atoms with Crippen LogP contribution in [-0.2, 0) is 11.2 Å². The van der Waals surface area contributed by atoms with Gasteiger partial charge in [-0.1, -0.05) is 95.0 Å². The highest BCUT2D eigenvalue weighted by Crippen LogP contribution is 2.45. The van der Waals surface area contributed by atoms with Gasteiger partial charge in [0.15, 0.2) is 0 Å². The van der Waals surface area contributed by atoms with Crippen LogP contribution >= 0.6 is 15.9 Å². The topological polar surface area (TPSA) is 35.5 Å². The van der Waals surface area contributed by atoms with Crippen molar-refractivity contribution in [3.63, 3.8) is 0 Å². The summed E-state index contributed by atoms with van der Waals surface area (Å²) < 4.78 is 12.7. The number of unbranched alkanes of at least 4 members (excludes halogenated alkanes) is 2. The molecular formula is C35H59BrO3. The van der Waals surface area contributed by atoms with Gasteiger partial charge in [-0.15, -0.1) is 0 Å². The fourth-order valence-electron chi connectivity index (χ4n) is 6.12. The third-order valence-electron chi connectivity index (χ3n) is 9.07. The van der Waals surface area contributed by atoms with E-state index in [4.69, 9.17) is 9.47 Å². The minimum absolute atomic E-state index is 0.116. The number of benzene rings is 1. The second kappa shape index (κ2) is 17.0. The van der Waals surface area contributed by atoms with Crippen molar-refractivity contribution in [2.45, 2.75) is 157 Å². The summed E-state index contributed by atoms with van der Waals surface area (Å²) in [6.45, 7) is 18.1. The Balaban J connectivity index is 1.85. The van der Waals surface area contributed by atoms with Gasteiger partial charge >= 0.3 is 5.97 Å². The SMILES string of the molecule is Cc1c(C)c2c(c(C)c1OC(=O)CCCCCBr)CC[C@@](C)(CCC[C@H](C)CCC[C@H](C)CCCC(C)C)O2. The van der Waals surface area contributed by atoms with Crippen LogP contribution in [0.25, 0.3) is 0 Å². The van der Waals surface area contributed by atoms with E-state index in [-0.39, 0.29) is 11.6 Å². The number of alkyl halides is 1. The molecule has 0 amide bonds. The number of fused-ring (bicyclic) bond motifs is 1. The molecule has 0 N–H and O–H groups in total. The quantitative estimate of drug-likeness (QED) is 0.0721. The molecule has 0 unspecified atom stereocenters. The zero-order chi connectivity index (χ0) is 29.0. The third-order valence-corrected chi connectivity index (χ3v) is 9.63. The lowest BCUT2D eigenvalue weighted by Gasteiger charge is -2.38. The van der Waals surface area contributed by atoms with E-state index in [0.29, 0.717) is 6.42 Å². The lowest BCUT2D eigenvalue weighted by molar-refractivity contribution is -0.134. The van der Waals surface area contributed by atoms with Gasteiger partial charge in [-0.25, -0.2) is 0 Å². The van der Waals surface area contributed by atoms with E-state index in [1.54, 1.807) is 0 Å². The fourth-order valence-corrected chi connectivity index (χ4v) is 6.52. The normalized spacial score (nSPS) is 18.5. The zero-order valence-corrected chi connectivity index (χ0v) is 28.2. The van der Waals surface area contributed by atoms with Gasteiger partial charge in [-0.2, -0.15) is 0 Å². The highest BCUT2D eigenvalue weighted by molar-refractivity contribution is 9.09. The minimum atomic E-state index is -0.119. The van der Waals surface area contributed by atoms with Crippen molar-refractivity contribution < 1.29 is 14.3 Å². The summed E-state index contributed by atoms with van der Waals surface area (Å²) in [6.07, 6.45) is 17.4. The Labute approximate surface area is 249 Å². The number of rotatable bonds is 18. The molecule has 224 valence electrons. The molecule has 4 heteroatoms. The Morgan fingerprint density at radius 1 is 0.846 bits per heavy atom. The molecule has 0 fully saturated rings. The summed E-state index contributed by atoms with van der Waals surface area (Å²) in [5, 5.41) is 0.986. The maximum Gasteiger partial charge on any atom is 0.311 e. The van der Waals surface area contributed by atoms with Crippen LogP contribution in [-0.4, -0.2) is 16.9 Å². The van der Waals surface area contributed by atoms with Gasteiger partial charge in [0.1, 0.15) is 17.1 Å². The standard InChI is InChI=1S/C35H59BrO3/c1-25(2)15-12-16-26(3)17-13-18-27(4)19-14-22-35(8)23-21-31-30(7)33(28(5)29(6)34(31)39-35)38-32(37)20-10-9-11-24-36/h25-27H,9-24H2,1-8H3/t26-,27-,35-/m1/s1. The highest BCUT2D eigenvalue weighted by Gasteiger charge is 2.34. The van der Waals surface area contributed by atoms with Gasteiger partial charge in [0.2, 0.25) is 0 Å². The predicted molar refractivity (Wildman–Crippen MR) is 171 cm³/mol. The van der Waals surface area contributed by atoms with Crippen LogP contribution in [0.15, 0.2) is 0 Å². The van der Waals surface area contributed by atoms with Crippen LogP contribution in [0.2, 0.25) is 0 Å². The van der Waals surface area contributed by atoms with Crippen molar-refractivity contribution in [3.8, 4) is 11.5 Å². The average molecular weight is 608 g/mol. The van der Waals surface area contributed by atoms with E-state index >= 15 is 0 Å². The molecule has 1 heterocycles. The number of ether oxygens (including phenoxy) is 2. The molecule has 0 spiro atoms. The molecule has 1 aromatic rings. The molecule has 1 aromatic carbocycles. The van der Waals surface area contributed by atoms with Crippen molar-refractivity contribution in [1.82, 2.24) is 0 Å². The minimum Gasteiger partial charge on any atom is -0.487 e. The summed E-state index contributed by atoms with van der Waals surface area (Å²) in [7, 11) is 0. The largest absolute Gasteiger partial charge is 0.487 e. The van der Waals surface area contributed by atoms with E-state index in [1.165, 1.54) is 56.9 Å². The van der Waals surface area contributed by atoms with Gasteiger partial charge in [0, 0.05) is 17.3 Å². The zero-order valence-electron chi connectivity index (χ0n) is 26.6. The Morgan fingerprint density at radius 2 is 1.46 bits per heavy atom. The first-order valence-corrected chi connectivity index (χ1v) is 17.2. The first-order valence-electron chi connectivity index (χ1n) is 16.1. The van der Waals surface area contributed by atoms with E-state index in [2.05, 4.69) is 71.3 Å². The van der Waals surface area contributed by atoms with Crippen molar-refractivity contribution in [2.24, 2.45) is 17.8 Å². The number of hydrogen-bond donors (Lipinski definition) is 0. The lowest BCUT2D eigenvalue weighted by Crippen LogP contribution is -2.37. The van der Waals surface area contributed by atoms with E-state index in [0.717, 1.165) is 89.8 Å². The molecule has 0 aliphatic carbocycles. The Kier molecular flexibility index (Phi) is 14.9. The van der Waals surface area contributed by atoms with Crippen LogP contribution < -0.4 is 9.47 Å². The summed E-state index contributed by atoms with van der Waals surface area (Å²) in [5.41, 5.74) is 4.36. The molecule has 0 aromatic heterocycles. The van der Waals surface area contributed by atoms with Crippen LogP contribution in [0.3, 0.4) is 0 Å². The first kappa shape index (κ1) is 34.2. The van der Waals surface area contributed by atoms with Crippen molar-refractivity contribution >= 4 is 21.9 Å². The average Bonchev–Trinajstić information content (AvgIpc) is 2.87. The maximum absolute atomic E-state index is 12.5. The Morgan fingerprint density at radius 3 is 2.08 bits per heavy atom. The van der Waals surface area contributed by atoms with Gasteiger partial charge in [-0.05, 0) is 101 Å².